The van der Waals surface area contributed by atoms with E-state index >= 15 is 0 Å². The third-order valence-electron chi connectivity index (χ3n) is 2.79. The van der Waals surface area contributed by atoms with Gasteiger partial charge in [-0.25, -0.2) is 9.18 Å². The van der Waals surface area contributed by atoms with Gasteiger partial charge in [0, 0.05) is 0 Å². The number of nitrogens with one attached hydrogen (secondary N) is 1. The maximum Gasteiger partial charge on any atom is 0.338 e. The number of benzene rings is 2. The van der Waals surface area contributed by atoms with Crippen molar-refractivity contribution in [3.63, 3.8) is 0 Å². The third kappa shape index (κ3) is 4.30. The second-order valence-electron chi connectivity index (χ2n) is 4.62. The van der Waals surface area contributed by atoms with E-state index in [1.165, 1.54) is 12.1 Å². The molecule has 0 heterocycles. The molecule has 0 aromatic heterocycles. The predicted molar refractivity (Wildman–Crippen MR) is 81.5 cm³/mol. The Bertz CT molecular complexity index is 718. The predicted octanol–water partition coefficient (Wildman–Crippen LogP) is 3.58. The van der Waals surface area contributed by atoms with Gasteiger partial charge in [0.05, 0.1) is 16.3 Å². The fourth-order valence-corrected chi connectivity index (χ4v) is 1.98. The van der Waals surface area contributed by atoms with Gasteiger partial charge in [-0.1, -0.05) is 29.3 Å². The van der Waals surface area contributed by atoms with E-state index in [-0.39, 0.29) is 10.7 Å². The minimum Gasteiger partial charge on any atom is -0.452 e. The number of aryl methyl sites for hydroxylation is 1. The zero-order valence-electron chi connectivity index (χ0n) is 11.7. The molecule has 0 saturated carbocycles. The van der Waals surface area contributed by atoms with E-state index < -0.39 is 24.3 Å². The molecule has 114 valence electrons. The molecule has 4 nitrogen and oxygen atoms in total. The van der Waals surface area contributed by atoms with Gasteiger partial charge < -0.3 is 10.1 Å². The first-order chi connectivity index (χ1) is 10.5. The van der Waals surface area contributed by atoms with Crippen LogP contribution in [0.3, 0.4) is 0 Å². The molecule has 0 atom stereocenters. The van der Waals surface area contributed by atoms with Gasteiger partial charge in [0.2, 0.25) is 0 Å². The van der Waals surface area contributed by atoms with Crippen LogP contribution in [0.1, 0.15) is 15.9 Å². The second kappa shape index (κ2) is 7.04. The lowest BCUT2D eigenvalue weighted by Gasteiger charge is -2.08. The fraction of sp³-hybridized carbons (Fsp3) is 0.125. The number of carbonyl (C=O) groups excluding carboxylic acids is 2. The van der Waals surface area contributed by atoms with Crippen LogP contribution in [0.15, 0.2) is 42.5 Å². The van der Waals surface area contributed by atoms with Crippen LogP contribution in [0.25, 0.3) is 0 Å². The molecule has 0 spiro atoms. The molecule has 0 unspecified atom stereocenters. The Kier molecular flexibility index (Phi) is 5.12. The summed E-state index contributed by atoms with van der Waals surface area (Å²) in [7, 11) is 0. The highest BCUT2D eigenvalue weighted by atomic mass is 35.5. The summed E-state index contributed by atoms with van der Waals surface area (Å²) in [6.07, 6.45) is 0. The average Bonchev–Trinajstić information content (AvgIpc) is 2.47. The van der Waals surface area contributed by atoms with Crippen molar-refractivity contribution >= 4 is 29.2 Å². The van der Waals surface area contributed by atoms with Gasteiger partial charge in [0.15, 0.2) is 6.61 Å². The molecule has 0 fully saturated rings. The summed E-state index contributed by atoms with van der Waals surface area (Å²) >= 11 is 5.79. The Morgan fingerprint density at radius 2 is 2.00 bits per heavy atom. The van der Waals surface area contributed by atoms with Crippen molar-refractivity contribution in [1.29, 1.82) is 0 Å². The number of halogens is 2. The Hall–Kier alpha value is -2.40. The summed E-state index contributed by atoms with van der Waals surface area (Å²) in [6.45, 7) is 1.39. The zero-order valence-corrected chi connectivity index (χ0v) is 12.5. The van der Waals surface area contributed by atoms with E-state index in [1.807, 2.05) is 13.0 Å². The van der Waals surface area contributed by atoms with Crippen LogP contribution < -0.4 is 5.32 Å². The van der Waals surface area contributed by atoms with Crippen LogP contribution >= 0.6 is 11.6 Å². The van der Waals surface area contributed by atoms with Crippen LogP contribution in [0.5, 0.6) is 0 Å². The van der Waals surface area contributed by atoms with Crippen molar-refractivity contribution in [2.24, 2.45) is 0 Å². The second-order valence-corrected chi connectivity index (χ2v) is 5.03. The van der Waals surface area contributed by atoms with Crippen LogP contribution in [0.4, 0.5) is 10.1 Å². The quantitative estimate of drug-likeness (QED) is 0.876. The van der Waals surface area contributed by atoms with Gasteiger partial charge in [0.1, 0.15) is 5.82 Å². The van der Waals surface area contributed by atoms with Gasteiger partial charge in [-0.05, 0) is 37.3 Å². The Balaban J connectivity index is 1.91. The van der Waals surface area contributed by atoms with Crippen LogP contribution in [-0.2, 0) is 9.53 Å². The smallest absolute Gasteiger partial charge is 0.338 e. The summed E-state index contributed by atoms with van der Waals surface area (Å²) < 4.78 is 17.8. The number of amides is 1. The first kappa shape index (κ1) is 16.0. The summed E-state index contributed by atoms with van der Waals surface area (Å²) in [6, 6.07) is 10.4. The highest BCUT2D eigenvalue weighted by Crippen LogP contribution is 2.22. The van der Waals surface area contributed by atoms with Crippen molar-refractivity contribution in [3.8, 4) is 0 Å². The Morgan fingerprint density at radius 3 is 2.68 bits per heavy atom. The molecule has 2 aromatic rings. The summed E-state index contributed by atoms with van der Waals surface area (Å²) in [5, 5.41) is 2.51. The average molecular weight is 322 g/mol. The number of ether oxygens (including phenoxy) is 1. The molecule has 6 heteroatoms. The van der Waals surface area contributed by atoms with Crippen molar-refractivity contribution < 1.29 is 18.7 Å². The summed E-state index contributed by atoms with van der Waals surface area (Å²) in [4.78, 5) is 23.5. The zero-order chi connectivity index (χ0) is 16.1. The highest BCUT2D eigenvalue weighted by molar-refractivity contribution is 6.33. The van der Waals surface area contributed by atoms with E-state index in [0.717, 1.165) is 11.6 Å². The summed E-state index contributed by atoms with van der Waals surface area (Å²) in [5.41, 5.74) is 1.53. The highest BCUT2D eigenvalue weighted by Gasteiger charge is 2.11. The minimum absolute atomic E-state index is 0.0679. The minimum atomic E-state index is -0.593. The fourth-order valence-electron chi connectivity index (χ4n) is 1.76. The van der Waals surface area contributed by atoms with Crippen LogP contribution in [-0.4, -0.2) is 18.5 Å². The van der Waals surface area contributed by atoms with Gasteiger partial charge in [-0.3, -0.25) is 4.79 Å². The molecule has 0 radical (unpaired) electrons. The molecule has 1 N–H and O–H groups in total. The lowest BCUT2D eigenvalue weighted by molar-refractivity contribution is -0.119. The molecule has 0 bridgehead atoms. The van der Waals surface area contributed by atoms with Gasteiger partial charge in [-0.15, -0.1) is 0 Å². The lowest BCUT2D eigenvalue weighted by Crippen LogP contribution is -2.21. The van der Waals surface area contributed by atoms with Gasteiger partial charge in [-0.2, -0.15) is 0 Å². The maximum atomic E-state index is 12.9. The first-order valence-electron chi connectivity index (χ1n) is 6.44. The molecule has 22 heavy (non-hydrogen) atoms. The molecule has 0 aliphatic heterocycles. The van der Waals surface area contributed by atoms with Crippen molar-refractivity contribution in [3.05, 3.63) is 64.4 Å². The molecule has 0 saturated heterocycles. The molecular weight excluding hydrogens is 309 g/mol. The Labute approximate surface area is 131 Å². The first-order valence-corrected chi connectivity index (χ1v) is 6.82. The maximum absolute atomic E-state index is 12.9. The number of anilines is 1. The molecule has 0 aliphatic rings. The Morgan fingerprint density at radius 1 is 1.23 bits per heavy atom. The van der Waals surface area contributed by atoms with Gasteiger partial charge >= 0.3 is 5.97 Å². The largest absolute Gasteiger partial charge is 0.452 e. The van der Waals surface area contributed by atoms with E-state index in [0.29, 0.717) is 5.56 Å². The number of hydrogen-bond donors (Lipinski definition) is 1. The van der Waals surface area contributed by atoms with Crippen LogP contribution in [0.2, 0.25) is 5.02 Å². The van der Waals surface area contributed by atoms with Crippen molar-refractivity contribution in [1.82, 2.24) is 0 Å². The molecule has 2 rings (SSSR count). The van der Waals surface area contributed by atoms with E-state index in [1.54, 1.807) is 18.2 Å². The SMILES string of the molecule is Cc1cccc(C(=O)OCC(=O)Nc2ccc(F)cc2Cl)c1. The topological polar surface area (TPSA) is 55.4 Å². The normalized spacial score (nSPS) is 10.1. The van der Waals surface area contributed by atoms with Gasteiger partial charge in [0.25, 0.3) is 5.91 Å². The number of esters is 1. The number of carbonyl (C=O) groups is 2. The van der Waals surface area contributed by atoms with Crippen LogP contribution in [0, 0.1) is 12.7 Å². The third-order valence-corrected chi connectivity index (χ3v) is 3.11. The molecular formula is C16H13ClFNO3. The van der Waals surface area contributed by atoms with E-state index in [4.69, 9.17) is 16.3 Å². The number of hydrogen-bond acceptors (Lipinski definition) is 3. The monoisotopic (exact) mass is 321 g/mol. The van der Waals surface area contributed by atoms with Crippen molar-refractivity contribution in [2.75, 3.05) is 11.9 Å². The lowest BCUT2D eigenvalue weighted by atomic mass is 10.1. The molecule has 0 aliphatic carbocycles. The number of rotatable bonds is 4. The van der Waals surface area contributed by atoms with E-state index in [2.05, 4.69) is 5.32 Å². The molecule has 1 amide bonds. The standard InChI is InChI=1S/C16H13ClFNO3/c1-10-3-2-4-11(7-10)16(21)22-9-15(20)19-14-6-5-12(18)8-13(14)17/h2-8H,9H2,1H3,(H,19,20). The van der Waals surface area contributed by atoms with Crippen molar-refractivity contribution in [2.45, 2.75) is 6.92 Å². The van der Waals surface area contributed by atoms with E-state index in [9.17, 15) is 14.0 Å². The summed E-state index contributed by atoms with van der Waals surface area (Å²) in [5.74, 6) is -1.66. The molecule has 2 aromatic carbocycles.